The van der Waals surface area contributed by atoms with Crippen molar-refractivity contribution in [1.82, 2.24) is 25.1 Å². The van der Waals surface area contributed by atoms with Gasteiger partial charge in [-0.25, -0.2) is 9.97 Å². The normalized spacial score (nSPS) is 13.1. The van der Waals surface area contributed by atoms with Gasteiger partial charge in [-0.2, -0.15) is 9.78 Å². The first kappa shape index (κ1) is 21.5. The van der Waals surface area contributed by atoms with Gasteiger partial charge in [-0.3, -0.25) is 14.9 Å². The van der Waals surface area contributed by atoms with Gasteiger partial charge in [0.1, 0.15) is 0 Å². The molecule has 172 valence electrons. The van der Waals surface area contributed by atoms with Crippen molar-refractivity contribution in [2.45, 2.75) is 25.7 Å². The molecule has 2 N–H and O–H groups in total. The van der Waals surface area contributed by atoms with Crippen LogP contribution >= 0.6 is 0 Å². The SMILES string of the molecule is Cc1nn(-c2ccccn2)c2nc(C3CC3)cc(C(=O)NCCNc3ccc([N+](=O)[O-])cc3)c12. The van der Waals surface area contributed by atoms with Crippen LogP contribution in [0.1, 0.15) is 40.5 Å². The number of hydrogen-bond donors (Lipinski definition) is 2. The molecular formula is C24H23N7O3. The first-order valence-electron chi connectivity index (χ1n) is 11.1. The number of hydrogen-bond acceptors (Lipinski definition) is 7. The summed E-state index contributed by atoms with van der Waals surface area (Å²) in [6.07, 6.45) is 3.83. The fourth-order valence-electron chi connectivity index (χ4n) is 3.89. The van der Waals surface area contributed by atoms with Crippen LogP contribution in [0.25, 0.3) is 16.9 Å². The minimum atomic E-state index is -0.437. The lowest BCUT2D eigenvalue weighted by Gasteiger charge is -2.10. The fraction of sp³-hybridized carbons (Fsp3) is 0.250. The molecule has 10 heteroatoms. The van der Waals surface area contributed by atoms with E-state index in [1.807, 2.05) is 31.2 Å². The van der Waals surface area contributed by atoms with Crippen molar-refractivity contribution in [3.63, 3.8) is 0 Å². The number of carbonyl (C=O) groups excluding carboxylic acids is 1. The van der Waals surface area contributed by atoms with Crippen molar-refractivity contribution in [2.24, 2.45) is 0 Å². The summed E-state index contributed by atoms with van der Waals surface area (Å²) in [5, 5.41) is 22.2. The topological polar surface area (TPSA) is 128 Å². The number of nitrogens with zero attached hydrogens (tertiary/aromatic N) is 5. The second kappa shape index (κ2) is 8.89. The lowest BCUT2D eigenvalue weighted by Crippen LogP contribution is -2.29. The van der Waals surface area contributed by atoms with Gasteiger partial charge in [-0.05, 0) is 50.1 Å². The smallest absolute Gasteiger partial charge is 0.269 e. The highest BCUT2D eigenvalue weighted by Gasteiger charge is 2.29. The molecule has 0 atom stereocenters. The third-order valence-electron chi connectivity index (χ3n) is 5.76. The zero-order valence-corrected chi connectivity index (χ0v) is 18.6. The van der Waals surface area contributed by atoms with Crippen LogP contribution in [-0.2, 0) is 0 Å². The Kier molecular flexibility index (Phi) is 5.62. The van der Waals surface area contributed by atoms with Crippen LogP contribution in [0.4, 0.5) is 11.4 Å². The molecule has 1 aliphatic rings. The first-order chi connectivity index (χ1) is 16.5. The molecule has 34 heavy (non-hydrogen) atoms. The number of nitro groups is 1. The van der Waals surface area contributed by atoms with Crippen LogP contribution in [0.15, 0.2) is 54.7 Å². The minimum absolute atomic E-state index is 0.0358. The number of aryl methyl sites for hydroxylation is 1. The lowest BCUT2D eigenvalue weighted by atomic mass is 10.1. The molecule has 1 saturated carbocycles. The van der Waals surface area contributed by atoms with Gasteiger partial charge in [-0.15, -0.1) is 0 Å². The molecule has 1 fully saturated rings. The third kappa shape index (κ3) is 4.29. The van der Waals surface area contributed by atoms with E-state index in [4.69, 9.17) is 4.98 Å². The quantitative estimate of drug-likeness (QED) is 0.234. The number of rotatable bonds is 8. The number of non-ortho nitro benzene ring substituents is 1. The number of carbonyl (C=O) groups is 1. The second-order valence-electron chi connectivity index (χ2n) is 8.24. The zero-order chi connectivity index (χ0) is 23.7. The summed E-state index contributed by atoms with van der Waals surface area (Å²) in [4.78, 5) is 32.8. The number of nitro benzene ring substituents is 1. The molecule has 3 heterocycles. The molecule has 4 aromatic rings. The van der Waals surface area contributed by atoms with Crippen molar-refractivity contribution in [3.05, 3.63) is 81.8 Å². The van der Waals surface area contributed by atoms with Crippen molar-refractivity contribution in [2.75, 3.05) is 18.4 Å². The van der Waals surface area contributed by atoms with Gasteiger partial charge in [0.25, 0.3) is 11.6 Å². The van der Waals surface area contributed by atoms with E-state index in [-0.39, 0.29) is 11.6 Å². The minimum Gasteiger partial charge on any atom is -0.383 e. The Bertz CT molecular complexity index is 1360. The number of anilines is 1. The molecule has 10 nitrogen and oxygen atoms in total. The van der Waals surface area contributed by atoms with E-state index in [1.54, 1.807) is 23.0 Å². The molecule has 1 amide bonds. The monoisotopic (exact) mass is 457 g/mol. The fourth-order valence-corrected chi connectivity index (χ4v) is 3.89. The maximum atomic E-state index is 13.2. The first-order valence-corrected chi connectivity index (χ1v) is 11.1. The van der Waals surface area contributed by atoms with Crippen LogP contribution in [0.5, 0.6) is 0 Å². The molecule has 0 saturated heterocycles. The van der Waals surface area contributed by atoms with E-state index < -0.39 is 4.92 Å². The van der Waals surface area contributed by atoms with Crippen LogP contribution in [0.2, 0.25) is 0 Å². The summed E-state index contributed by atoms with van der Waals surface area (Å²) >= 11 is 0. The predicted molar refractivity (Wildman–Crippen MR) is 127 cm³/mol. The Morgan fingerprint density at radius 3 is 2.65 bits per heavy atom. The van der Waals surface area contributed by atoms with Crippen molar-refractivity contribution in [1.29, 1.82) is 0 Å². The number of pyridine rings is 2. The van der Waals surface area contributed by atoms with Gasteiger partial charge in [0.05, 0.1) is 21.6 Å². The Balaban J connectivity index is 1.35. The van der Waals surface area contributed by atoms with Crippen molar-refractivity contribution >= 4 is 28.3 Å². The molecule has 0 bridgehead atoms. The highest BCUT2D eigenvalue weighted by molar-refractivity contribution is 6.06. The maximum Gasteiger partial charge on any atom is 0.269 e. The standard InChI is InChI=1S/C24H23N7O3/c1-15-22-19(24(32)27-13-12-25-17-7-9-18(10-8-17)31(33)34)14-20(16-5-6-16)28-23(22)30(29-15)21-4-2-3-11-26-21/h2-4,7-11,14,16,25H,5-6,12-13H2,1H3,(H,27,32). The van der Waals surface area contributed by atoms with E-state index in [2.05, 4.69) is 20.7 Å². The zero-order valence-electron chi connectivity index (χ0n) is 18.6. The van der Waals surface area contributed by atoms with E-state index in [1.165, 1.54) is 12.1 Å². The molecule has 5 rings (SSSR count). The molecule has 0 unspecified atom stereocenters. The number of fused-ring (bicyclic) bond motifs is 1. The Hall–Kier alpha value is -4.34. The van der Waals surface area contributed by atoms with Gasteiger partial charge < -0.3 is 10.6 Å². The van der Waals surface area contributed by atoms with E-state index in [9.17, 15) is 14.9 Å². The summed E-state index contributed by atoms with van der Waals surface area (Å²) in [5.74, 6) is 0.829. The summed E-state index contributed by atoms with van der Waals surface area (Å²) in [6.45, 7) is 2.72. The highest BCUT2D eigenvalue weighted by atomic mass is 16.6. The van der Waals surface area contributed by atoms with Crippen molar-refractivity contribution < 1.29 is 9.72 Å². The number of benzene rings is 1. The van der Waals surface area contributed by atoms with E-state index in [0.717, 1.165) is 29.6 Å². The molecule has 1 aliphatic carbocycles. The summed E-state index contributed by atoms with van der Waals surface area (Å²) in [6, 6.07) is 13.6. The highest BCUT2D eigenvalue weighted by Crippen LogP contribution is 2.40. The third-order valence-corrected chi connectivity index (χ3v) is 5.76. The summed E-state index contributed by atoms with van der Waals surface area (Å²) < 4.78 is 1.70. The molecular weight excluding hydrogens is 434 g/mol. The maximum absolute atomic E-state index is 13.2. The van der Waals surface area contributed by atoms with Crippen LogP contribution in [-0.4, -0.2) is 43.7 Å². The van der Waals surface area contributed by atoms with Gasteiger partial charge in [0.15, 0.2) is 11.5 Å². The van der Waals surface area contributed by atoms with Crippen LogP contribution in [0.3, 0.4) is 0 Å². The van der Waals surface area contributed by atoms with Gasteiger partial charge in [0.2, 0.25) is 0 Å². The second-order valence-corrected chi connectivity index (χ2v) is 8.24. The number of nitrogens with one attached hydrogen (secondary N) is 2. The van der Waals surface area contributed by atoms with Crippen molar-refractivity contribution in [3.8, 4) is 5.82 Å². The van der Waals surface area contributed by atoms with Gasteiger partial charge >= 0.3 is 0 Å². The van der Waals surface area contributed by atoms with Gasteiger partial charge in [0, 0.05) is 48.7 Å². The molecule has 1 aromatic carbocycles. The predicted octanol–water partition coefficient (Wildman–Crippen LogP) is 3.75. The average molecular weight is 457 g/mol. The largest absolute Gasteiger partial charge is 0.383 e. The lowest BCUT2D eigenvalue weighted by molar-refractivity contribution is -0.384. The number of aromatic nitrogens is 4. The van der Waals surface area contributed by atoms with E-state index >= 15 is 0 Å². The summed E-state index contributed by atoms with van der Waals surface area (Å²) in [7, 11) is 0. The Morgan fingerprint density at radius 1 is 1.18 bits per heavy atom. The summed E-state index contributed by atoms with van der Waals surface area (Å²) in [5.41, 5.74) is 3.59. The molecule has 0 radical (unpaired) electrons. The Morgan fingerprint density at radius 2 is 1.97 bits per heavy atom. The van der Waals surface area contributed by atoms with E-state index in [0.29, 0.717) is 41.7 Å². The number of amides is 1. The van der Waals surface area contributed by atoms with Gasteiger partial charge in [-0.1, -0.05) is 6.07 Å². The molecule has 0 spiro atoms. The Labute approximate surface area is 195 Å². The van der Waals surface area contributed by atoms with Crippen LogP contribution in [0, 0.1) is 17.0 Å². The average Bonchev–Trinajstić information content (AvgIpc) is 3.65. The molecule has 0 aliphatic heterocycles. The molecule has 3 aromatic heterocycles. The van der Waals surface area contributed by atoms with Crippen LogP contribution < -0.4 is 10.6 Å².